The lowest BCUT2D eigenvalue weighted by molar-refractivity contribution is 0.165. The highest BCUT2D eigenvalue weighted by atomic mass is 19.1. The maximum absolute atomic E-state index is 13.5. The highest BCUT2D eigenvalue weighted by Gasteiger charge is 2.28. The Hall–Kier alpha value is -2.65. The van der Waals surface area contributed by atoms with Crippen molar-refractivity contribution in [2.45, 2.75) is 32.9 Å². The van der Waals surface area contributed by atoms with Gasteiger partial charge in [-0.3, -0.25) is 0 Å². The van der Waals surface area contributed by atoms with Crippen LogP contribution < -0.4 is 10.2 Å². The summed E-state index contributed by atoms with van der Waals surface area (Å²) in [5, 5.41) is 7.32. The lowest BCUT2D eigenvalue weighted by atomic mass is 10.1. The van der Waals surface area contributed by atoms with E-state index >= 15 is 0 Å². The van der Waals surface area contributed by atoms with Crippen LogP contribution in [0.2, 0.25) is 0 Å². The summed E-state index contributed by atoms with van der Waals surface area (Å²) in [6.07, 6.45) is 0.711. The summed E-state index contributed by atoms with van der Waals surface area (Å²) in [5.74, 6) is 0.363. The Morgan fingerprint density at radius 2 is 1.94 bits per heavy atom. The van der Waals surface area contributed by atoms with E-state index in [4.69, 9.17) is 9.26 Å². The summed E-state index contributed by atoms with van der Waals surface area (Å²) >= 11 is 0. The number of carbonyl (C=O) groups excluding carboxylic acids is 1. The fourth-order valence-corrected chi connectivity index (χ4v) is 3.72. The Morgan fingerprint density at radius 1 is 1.25 bits per heavy atom. The van der Waals surface area contributed by atoms with Crippen molar-refractivity contribution in [3.05, 3.63) is 35.6 Å². The molecule has 1 N–H and O–H groups in total. The number of nitrogens with zero attached hydrogens (tertiary/aromatic N) is 4. The molecule has 1 fully saturated rings. The van der Waals surface area contributed by atoms with Crippen LogP contribution in [0, 0.1) is 5.82 Å². The SMILES string of the molecule is COCCCN(Cc1c(-c2ccc(F)cc2)noc1N1CCN(C)CC1)C(=O)NC(C)C. The summed E-state index contributed by atoms with van der Waals surface area (Å²) in [5.41, 5.74) is 2.22. The van der Waals surface area contributed by atoms with Crippen LogP contribution in [-0.2, 0) is 11.3 Å². The number of piperazine rings is 1. The second-order valence-corrected chi connectivity index (χ2v) is 8.48. The number of amides is 2. The van der Waals surface area contributed by atoms with Crippen LogP contribution in [0.1, 0.15) is 25.8 Å². The van der Waals surface area contributed by atoms with Gasteiger partial charge in [0.1, 0.15) is 11.5 Å². The highest BCUT2D eigenvalue weighted by Crippen LogP contribution is 2.33. The summed E-state index contributed by atoms with van der Waals surface area (Å²) in [4.78, 5) is 19.1. The minimum Gasteiger partial charge on any atom is -0.385 e. The molecule has 1 aromatic carbocycles. The molecule has 176 valence electrons. The Balaban J connectivity index is 1.94. The van der Waals surface area contributed by atoms with Crippen molar-refractivity contribution < 1.29 is 18.4 Å². The summed E-state index contributed by atoms with van der Waals surface area (Å²) in [6.45, 7) is 8.74. The number of aromatic nitrogens is 1. The van der Waals surface area contributed by atoms with Crippen LogP contribution in [-0.4, -0.2) is 80.5 Å². The van der Waals surface area contributed by atoms with E-state index in [-0.39, 0.29) is 17.9 Å². The van der Waals surface area contributed by atoms with Gasteiger partial charge in [0.05, 0.1) is 12.1 Å². The molecule has 0 atom stereocenters. The molecule has 1 aliphatic heterocycles. The maximum atomic E-state index is 13.5. The van der Waals surface area contributed by atoms with Gasteiger partial charge < -0.3 is 29.3 Å². The first-order valence-electron chi connectivity index (χ1n) is 11.1. The number of anilines is 1. The second kappa shape index (κ2) is 11.3. The number of likely N-dealkylation sites (N-methyl/N-ethyl adjacent to an activating group) is 1. The monoisotopic (exact) mass is 447 g/mol. The quantitative estimate of drug-likeness (QED) is 0.595. The zero-order valence-corrected chi connectivity index (χ0v) is 19.4. The van der Waals surface area contributed by atoms with Crippen molar-refractivity contribution in [1.82, 2.24) is 20.3 Å². The highest BCUT2D eigenvalue weighted by molar-refractivity contribution is 5.76. The molecule has 0 radical (unpaired) electrons. The van der Waals surface area contributed by atoms with Gasteiger partial charge >= 0.3 is 6.03 Å². The summed E-state index contributed by atoms with van der Waals surface area (Å²) < 4.78 is 24.5. The van der Waals surface area contributed by atoms with E-state index in [1.54, 1.807) is 24.1 Å². The smallest absolute Gasteiger partial charge is 0.317 e. The number of nitrogens with one attached hydrogen (secondary N) is 1. The Bertz CT molecular complexity index is 863. The van der Waals surface area contributed by atoms with Crippen molar-refractivity contribution >= 4 is 11.9 Å². The van der Waals surface area contributed by atoms with Crippen molar-refractivity contribution in [2.75, 3.05) is 58.4 Å². The number of hydrogen-bond donors (Lipinski definition) is 1. The number of methoxy groups -OCH3 is 1. The maximum Gasteiger partial charge on any atom is 0.317 e. The number of benzene rings is 1. The van der Waals surface area contributed by atoms with Gasteiger partial charge in [0.25, 0.3) is 0 Å². The van der Waals surface area contributed by atoms with E-state index in [0.29, 0.717) is 37.7 Å². The topological polar surface area (TPSA) is 74.1 Å². The number of urea groups is 1. The lowest BCUT2D eigenvalue weighted by Gasteiger charge is -2.33. The second-order valence-electron chi connectivity index (χ2n) is 8.48. The molecular formula is C23H34FN5O3. The first-order valence-corrected chi connectivity index (χ1v) is 11.1. The zero-order chi connectivity index (χ0) is 23.1. The molecule has 0 aliphatic carbocycles. The van der Waals surface area contributed by atoms with E-state index < -0.39 is 0 Å². The predicted molar refractivity (Wildman–Crippen MR) is 122 cm³/mol. The number of carbonyl (C=O) groups is 1. The van der Waals surface area contributed by atoms with Crippen LogP contribution in [0.4, 0.5) is 15.1 Å². The first-order chi connectivity index (χ1) is 15.4. The van der Waals surface area contributed by atoms with Gasteiger partial charge in [-0.15, -0.1) is 0 Å². The Labute approximate surface area is 189 Å². The molecule has 8 nitrogen and oxygen atoms in total. The lowest BCUT2D eigenvalue weighted by Crippen LogP contribution is -2.45. The fraction of sp³-hybridized carbons (Fsp3) is 0.565. The van der Waals surface area contributed by atoms with E-state index in [9.17, 15) is 9.18 Å². The van der Waals surface area contributed by atoms with Gasteiger partial charge in [0, 0.05) is 58.0 Å². The largest absolute Gasteiger partial charge is 0.385 e. The van der Waals surface area contributed by atoms with E-state index in [1.165, 1.54) is 12.1 Å². The third-order valence-corrected chi connectivity index (χ3v) is 5.50. The third-order valence-electron chi connectivity index (χ3n) is 5.50. The Morgan fingerprint density at radius 3 is 2.56 bits per heavy atom. The molecule has 1 aromatic heterocycles. The molecule has 1 aliphatic rings. The molecule has 1 saturated heterocycles. The molecule has 0 unspecified atom stereocenters. The van der Waals surface area contributed by atoms with E-state index in [2.05, 4.69) is 27.3 Å². The number of ether oxygens (including phenoxy) is 1. The molecule has 0 saturated carbocycles. The van der Waals surface area contributed by atoms with Crippen molar-refractivity contribution in [3.63, 3.8) is 0 Å². The summed E-state index contributed by atoms with van der Waals surface area (Å²) in [6, 6.07) is 6.06. The minimum absolute atomic E-state index is 0.0172. The minimum atomic E-state index is -0.310. The van der Waals surface area contributed by atoms with Crippen LogP contribution >= 0.6 is 0 Å². The first kappa shape index (κ1) is 24.0. The van der Waals surface area contributed by atoms with Gasteiger partial charge in [0.2, 0.25) is 5.88 Å². The standard InChI is InChI=1S/C23H34FN5O3/c1-17(2)25-23(30)29(10-5-15-31-4)16-20-21(18-6-8-19(24)9-7-18)26-32-22(20)28-13-11-27(3)12-14-28/h6-9,17H,5,10-16H2,1-4H3,(H,25,30). The average molecular weight is 448 g/mol. The predicted octanol–water partition coefficient (Wildman–Crippen LogP) is 3.19. The molecule has 2 aromatic rings. The molecule has 32 heavy (non-hydrogen) atoms. The van der Waals surface area contributed by atoms with Crippen molar-refractivity contribution in [2.24, 2.45) is 0 Å². The van der Waals surface area contributed by atoms with Gasteiger partial charge in [-0.05, 0) is 51.6 Å². The van der Waals surface area contributed by atoms with Gasteiger partial charge in [0.15, 0.2) is 0 Å². The van der Waals surface area contributed by atoms with Crippen LogP contribution in [0.15, 0.2) is 28.8 Å². The number of rotatable bonds is 9. The van der Waals surface area contributed by atoms with Crippen molar-refractivity contribution in [3.8, 4) is 11.3 Å². The molecule has 0 bridgehead atoms. The number of hydrogen-bond acceptors (Lipinski definition) is 6. The molecule has 9 heteroatoms. The fourth-order valence-electron chi connectivity index (χ4n) is 3.72. The third kappa shape index (κ3) is 6.20. The number of halogens is 1. The molecular weight excluding hydrogens is 413 g/mol. The van der Waals surface area contributed by atoms with Crippen molar-refractivity contribution in [1.29, 1.82) is 0 Å². The molecule has 0 spiro atoms. The van der Waals surface area contributed by atoms with Crippen LogP contribution in [0.25, 0.3) is 11.3 Å². The van der Waals surface area contributed by atoms with Gasteiger partial charge in [-0.1, -0.05) is 5.16 Å². The van der Waals surface area contributed by atoms with Gasteiger partial charge in [-0.25, -0.2) is 9.18 Å². The zero-order valence-electron chi connectivity index (χ0n) is 19.4. The van der Waals surface area contributed by atoms with E-state index in [1.807, 2.05) is 13.8 Å². The normalized spacial score (nSPS) is 14.8. The van der Waals surface area contributed by atoms with Crippen LogP contribution in [0.5, 0.6) is 0 Å². The van der Waals surface area contributed by atoms with Gasteiger partial charge in [-0.2, -0.15) is 0 Å². The average Bonchev–Trinajstić information content (AvgIpc) is 3.17. The molecule has 2 amide bonds. The summed E-state index contributed by atoms with van der Waals surface area (Å²) in [7, 11) is 3.74. The molecule has 2 heterocycles. The molecule has 3 rings (SSSR count). The van der Waals surface area contributed by atoms with Crippen LogP contribution in [0.3, 0.4) is 0 Å². The Kier molecular flexibility index (Phi) is 8.46. The van der Waals surface area contributed by atoms with E-state index in [0.717, 1.165) is 37.3 Å².